The van der Waals surface area contributed by atoms with Crippen LogP contribution in [0.25, 0.3) is 11.4 Å². The number of aromatic nitrogens is 5. The van der Waals surface area contributed by atoms with Crippen LogP contribution in [0.5, 0.6) is 0 Å². The molecule has 0 aliphatic carbocycles. The van der Waals surface area contributed by atoms with Gasteiger partial charge in [-0.3, -0.25) is 14.3 Å². The van der Waals surface area contributed by atoms with Crippen molar-refractivity contribution in [2.75, 3.05) is 19.5 Å². The van der Waals surface area contributed by atoms with Crippen molar-refractivity contribution in [2.24, 2.45) is 0 Å². The second-order valence-corrected chi connectivity index (χ2v) is 7.83. The molecule has 0 N–H and O–H groups in total. The molecule has 7 nitrogen and oxygen atoms in total. The fraction of sp³-hybridized carbons (Fsp3) is 0.400. The van der Waals surface area contributed by atoms with Crippen molar-refractivity contribution in [2.45, 2.75) is 38.3 Å². The summed E-state index contributed by atoms with van der Waals surface area (Å²) in [5.41, 5.74) is 1.81. The smallest absolute Gasteiger partial charge is 0.383 e. The third-order valence-corrected chi connectivity index (χ3v) is 5.68. The van der Waals surface area contributed by atoms with E-state index in [0.29, 0.717) is 35.5 Å². The highest BCUT2D eigenvalue weighted by molar-refractivity contribution is 7.99. The zero-order valence-electron chi connectivity index (χ0n) is 17.3. The standard InChI is InChI=1S/C20H22F3N5O2S/c1-13-10-16(14(2)28(13)12-20(21,22)23)17(29)11-31-19-26-25-18(27(19)8-9-30-3)15-4-6-24-7-5-15/h4-7,10H,8-9,11-12H2,1-3H3. The van der Waals surface area contributed by atoms with Gasteiger partial charge in [-0.2, -0.15) is 13.2 Å². The van der Waals surface area contributed by atoms with Crippen LogP contribution >= 0.6 is 11.8 Å². The Morgan fingerprint density at radius 1 is 1.16 bits per heavy atom. The zero-order chi connectivity index (χ0) is 22.6. The molecule has 0 aromatic carbocycles. The molecule has 11 heteroatoms. The molecule has 0 aliphatic rings. The molecule has 0 atom stereocenters. The molecule has 0 amide bonds. The van der Waals surface area contributed by atoms with Crippen molar-refractivity contribution in [1.82, 2.24) is 24.3 Å². The van der Waals surface area contributed by atoms with Crippen LogP contribution in [-0.2, 0) is 17.8 Å². The van der Waals surface area contributed by atoms with Gasteiger partial charge in [0.25, 0.3) is 0 Å². The number of Topliss-reactive ketones (excluding diaryl/α,β-unsaturated/α-hetero) is 1. The number of nitrogens with zero attached hydrogens (tertiary/aromatic N) is 5. The lowest BCUT2D eigenvalue weighted by atomic mass is 10.2. The fourth-order valence-electron chi connectivity index (χ4n) is 3.21. The molecule has 3 heterocycles. The third kappa shape index (κ3) is 5.53. The quantitative estimate of drug-likeness (QED) is 0.361. The molecule has 3 rings (SSSR count). The number of hydrogen-bond acceptors (Lipinski definition) is 6. The average Bonchev–Trinajstić information content (AvgIpc) is 3.26. The van der Waals surface area contributed by atoms with Crippen LogP contribution < -0.4 is 0 Å². The van der Waals surface area contributed by atoms with Crippen molar-refractivity contribution >= 4 is 17.5 Å². The Balaban J connectivity index is 1.79. The minimum atomic E-state index is -4.36. The van der Waals surface area contributed by atoms with Crippen LogP contribution in [0.4, 0.5) is 13.2 Å². The number of hydrogen-bond donors (Lipinski definition) is 0. The Morgan fingerprint density at radius 2 is 1.87 bits per heavy atom. The monoisotopic (exact) mass is 453 g/mol. The summed E-state index contributed by atoms with van der Waals surface area (Å²) in [6.45, 7) is 2.88. The lowest BCUT2D eigenvalue weighted by Gasteiger charge is -2.12. The first-order chi connectivity index (χ1) is 14.7. The number of carbonyl (C=O) groups is 1. The van der Waals surface area contributed by atoms with Gasteiger partial charge in [-0.15, -0.1) is 10.2 Å². The first-order valence-electron chi connectivity index (χ1n) is 9.43. The van der Waals surface area contributed by atoms with Gasteiger partial charge in [0.05, 0.1) is 18.9 Å². The molecule has 0 unspecified atom stereocenters. The SMILES string of the molecule is COCCn1c(SCC(=O)c2cc(C)n(CC(F)(F)F)c2C)nnc1-c1ccncc1. The largest absolute Gasteiger partial charge is 0.406 e. The fourth-order valence-corrected chi connectivity index (χ4v) is 4.06. The first kappa shape index (κ1) is 23.0. The lowest BCUT2D eigenvalue weighted by molar-refractivity contribution is -0.141. The van der Waals surface area contributed by atoms with Gasteiger partial charge in [-0.05, 0) is 32.0 Å². The molecule has 0 aliphatic heterocycles. The van der Waals surface area contributed by atoms with E-state index in [1.807, 2.05) is 16.7 Å². The van der Waals surface area contributed by atoms with Crippen LogP contribution in [0.3, 0.4) is 0 Å². The van der Waals surface area contributed by atoms with E-state index in [1.165, 1.54) is 24.8 Å². The van der Waals surface area contributed by atoms with Gasteiger partial charge >= 0.3 is 6.18 Å². The van der Waals surface area contributed by atoms with Crippen molar-refractivity contribution in [3.8, 4) is 11.4 Å². The van der Waals surface area contributed by atoms with Crippen LogP contribution in [0, 0.1) is 13.8 Å². The van der Waals surface area contributed by atoms with E-state index in [4.69, 9.17) is 4.74 Å². The van der Waals surface area contributed by atoms with Gasteiger partial charge in [-0.1, -0.05) is 11.8 Å². The molecule has 166 valence electrons. The topological polar surface area (TPSA) is 74.8 Å². The van der Waals surface area contributed by atoms with Crippen molar-refractivity contribution in [1.29, 1.82) is 0 Å². The Labute approximate surface area is 181 Å². The van der Waals surface area contributed by atoms with Gasteiger partial charge in [0.2, 0.25) is 0 Å². The number of ketones is 1. The molecule has 0 radical (unpaired) electrons. The second-order valence-electron chi connectivity index (χ2n) is 6.88. The number of rotatable bonds is 9. The third-order valence-electron chi connectivity index (χ3n) is 4.72. The summed E-state index contributed by atoms with van der Waals surface area (Å²) in [6.07, 6.45) is -1.06. The van der Waals surface area contributed by atoms with E-state index in [2.05, 4.69) is 15.2 Å². The normalized spacial score (nSPS) is 11.8. The summed E-state index contributed by atoms with van der Waals surface area (Å²) < 4.78 is 46.6. The van der Waals surface area contributed by atoms with Crippen LogP contribution in [-0.4, -0.2) is 55.7 Å². The van der Waals surface area contributed by atoms with E-state index in [1.54, 1.807) is 26.4 Å². The highest BCUT2D eigenvalue weighted by Gasteiger charge is 2.30. The number of carbonyl (C=O) groups excluding carboxylic acids is 1. The molecule has 0 spiro atoms. The molecule has 3 aromatic heterocycles. The molecule has 0 saturated heterocycles. The summed E-state index contributed by atoms with van der Waals surface area (Å²) in [4.78, 5) is 16.8. The van der Waals surface area contributed by atoms with Crippen LogP contribution in [0.15, 0.2) is 35.7 Å². The second kappa shape index (κ2) is 9.65. The van der Waals surface area contributed by atoms with Gasteiger partial charge in [0, 0.05) is 42.0 Å². The molecular weight excluding hydrogens is 431 g/mol. The number of aryl methyl sites for hydroxylation is 1. The number of halogens is 3. The van der Waals surface area contributed by atoms with Gasteiger partial charge in [0.15, 0.2) is 16.8 Å². The summed E-state index contributed by atoms with van der Waals surface area (Å²) >= 11 is 1.19. The molecule has 0 bridgehead atoms. The van der Waals surface area contributed by atoms with Crippen LogP contribution in [0.1, 0.15) is 21.7 Å². The Kier molecular flexibility index (Phi) is 7.16. The van der Waals surface area contributed by atoms with E-state index in [9.17, 15) is 18.0 Å². The lowest BCUT2D eigenvalue weighted by Crippen LogP contribution is -2.19. The summed E-state index contributed by atoms with van der Waals surface area (Å²) in [7, 11) is 1.59. The van der Waals surface area contributed by atoms with Crippen molar-refractivity contribution < 1.29 is 22.7 Å². The van der Waals surface area contributed by atoms with Crippen molar-refractivity contribution in [3.05, 3.63) is 47.5 Å². The molecular formula is C20H22F3N5O2S. The summed E-state index contributed by atoms with van der Waals surface area (Å²) in [5.74, 6) is 0.383. The number of ether oxygens (including phenoxy) is 1. The number of pyridine rings is 1. The zero-order valence-corrected chi connectivity index (χ0v) is 18.1. The first-order valence-corrected chi connectivity index (χ1v) is 10.4. The predicted molar refractivity (Wildman–Crippen MR) is 110 cm³/mol. The molecule has 0 fully saturated rings. The van der Waals surface area contributed by atoms with Gasteiger partial charge in [-0.25, -0.2) is 0 Å². The Morgan fingerprint density at radius 3 is 2.52 bits per heavy atom. The van der Waals surface area contributed by atoms with E-state index >= 15 is 0 Å². The average molecular weight is 453 g/mol. The maximum atomic E-state index is 12.8. The number of thioether (sulfide) groups is 1. The van der Waals surface area contributed by atoms with E-state index < -0.39 is 12.7 Å². The molecule has 0 saturated carbocycles. The molecule has 3 aromatic rings. The minimum Gasteiger partial charge on any atom is -0.383 e. The minimum absolute atomic E-state index is 0.0256. The number of methoxy groups -OCH3 is 1. The maximum absolute atomic E-state index is 12.8. The van der Waals surface area contributed by atoms with Gasteiger partial charge < -0.3 is 9.30 Å². The van der Waals surface area contributed by atoms with Gasteiger partial charge in [0.1, 0.15) is 6.54 Å². The number of alkyl halides is 3. The van der Waals surface area contributed by atoms with E-state index in [0.717, 1.165) is 10.1 Å². The highest BCUT2D eigenvalue weighted by atomic mass is 32.2. The van der Waals surface area contributed by atoms with Crippen LogP contribution in [0.2, 0.25) is 0 Å². The van der Waals surface area contributed by atoms with E-state index in [-0.39, 0.29) is 17.1 Å². The molecule has 31 heavy (non-hydrogen) atoms. The van der Waals surface area contributed by atoms with Crippen molar-refractivity contribution in [3.63, 3.8) is 0 Å². The Bertz CT molecular complexity index is 1050. The summed E-state index contributed by atoms with van der Waals surface area (Å²) in [6, 6.07) is 5.12. The predicted octanol–water partition coefficient (Wildman–Crippen LogP) is 3.94. The maximum Gasteiger partial charge on any atom is 0.406 e. The summed E-state index contributed by atoms with van der Waals surface area (Å²) in [5, 5.41) is 8.96. The highest BCUT2D eigenvalue weighted by Crippen LogP contribution is 2.27. The Hall–Kier alpha value is -2.66.